The highest BCUT2D eigenvalue weighted by atomic mass is 16.7. The van der Waals surface area contributed by atoms with E-state index in [1.165, 1.54) is 198 Å². The summed E-state index contributed by atoms with van der Waals surface area (Å²) in [4.78, 5) is 0. The van der Waals surface area contributed by atoms with Gasteiger partial charge in [-0.2, -0.15) is 0 Å². The van der Waals surface area contributed by atoms with Gasteiger partial charge in [-0.3, -0.25) is 0 Å². The van der Waals surface area contributed by atoms with Gasteiger partial charge < -0.3 is 28.4 Å². The van der Waals surface area contributed by atoms with E-state index < -0.39 is 16.8 Å². The minimum absolute atomic E-state index is 0.0439. The molecule has 47 aliphatic rings. The zero-order chi connectivity index (χ0) is 91.6. The third kappa shape index (κ3) is 18.1. The molecule has 0 N–H and O–H groups in total. The highest BCUT2D eigenvalue weighted by Gasteiger charge is 2.48. The SMILES string of the molecule is COCOC12CCC(C)(CC1)c1ccc(cc1)-c1ccc(cc1)C1(C)CCC(C)(CC1)c1ccc(cc1)-c1ccc(cc1)-c1ccc(cc1)C1(OCOC)CCC(OCOC)(CC1)c1ccc(cc1)-c1ccc2cc1.c1cc2ccc1-c1ccc(cc1)-c1ccc(cc1)-c1ccc(cc1)-c1ccc(cc1)-c1ccc(cc1)-c1ccc(cc1)-c1ccc(cc1)-c1ccc(cc1)-c1ccc-2cc1. The zero-order valence-corrected chi connectivity index (χ0v) is 78.3. The van der Waals surface area contributed by atoms with E-state index in [4.69, 9.17) is 28.4 Å². The molecule has 17 aromatic rings. The molecule has 40 bridgehead atoms. The second-order valence-electron chi connectivity index (χ2n) is 39.1. The fourth-order valence-corrected chi connectivity index (χ4v) is 22.0. The van der Waals surface area contributed by atoms with Crippen LogP contribution in [-0.4, -0.2) is 41.7 Å². The molecule has 3 fully saturated rings. The van der Waals surface area contributed by atoms with Gasteiger partial charge in [0.25, 0.3) is 0 Å². The summed E-state index contributed by atoms with van der Waals surface area (Å²) in [7, 11) is 5.11. The lowest BCUT2D eigenvalue weighted by molar-refractivity contribution is -0.203. The van der Waals surface area contributed by atoms with Gasteiger partial charge in [0.15, 0.2) is 0 Å². The van der Waals surface area contributed by atoms with Gasteiger partial charge in [-0.05, 0) is 282 Å². The van der Waals surface area contributed by atoms with Gasteiger partial charge in [0.1, 0.15) is 20.4 Å². The summed E-state index contributed by atoms with van der Waals surface area (Å²) in [5.74, 6) is 0. The number of benzene rings is 17. The number of hydrogen-bond acceptors (Lipinski definition) is 6. The molecule has 0 amide bonds. The molecule has 668 valence electrons. The smallest absolute Gasteiger partial charge is 0.147 e. The molecule has 17 aromatic carbocycles. The molecule has 0 atom stereocenters. The number of rotatable bonds is 9. The highest BCUT2D eigenvalue weighted by molar-refractivity contribution is 5.82. The monoisotopic (exact) mass is 1760 g/mol. The Morgan fingerprint density at radius 2 is 0.222 bits per heavy atom. The third-order valence-electron chi connectivity index (χ3n) is 31.2. The van der Waals surface area contributed by atoms with Crippen LogP contribution in [0.3, 0.4) is 0 Å². The van der Waals surface area contributed by atoms with Gasteiger partial charge in [-0.25, -0.2) is 0 Å². The Bertz CT molecular complexity index is 5960. The van der Waals surface area contributed by atoms with Crippen molar-refractivity contribution in [3.05, 3.63) is 446 Å². The van der Waals surface area contributed by atoms with Crippen molar-refractivity contribution in [1.29, 1.82) is 0 Å². The van der Waals surface area contributed by atoms with Crippen LogP contribution in [-0.2, 0) is 61.5 Å². The number of methoxy groups -OCH3 is 3. The van der Waals surface area contributed by atoms with E-state index in [-0.39, 0.29) is 36.6 Å². The minimum Gasteiger partial charge on any atom is -0.359 e. The molecule has 0 aliphatic heterocycles. The molecule has 0 heterocycles. The molecule has 0 radical (unpaired) electrons. The fraction of sp³-hybridized carbons (Fsp3) is 0.209. The van der Waals surface area contributed by atoms with E-state index in [0.29, 0.717) is 0 Å². The Morgan fingerprint density at radius 1 is 0.133 bits per heavy atom. The average Bonchev–Trinajstić information content (AvgIpc) is 0.760. The van der Waals surface area contributed by atoms with Crippen LogP contribution in [0.5, 0.6) is 0 Å². The summed E-state index contributed by atoms with van der Waals surface area (Å²) in [5, 5.41) is 0. The standard InChI is InChI=1S/C69H76O6.C60H40/c1-64-35-37-65(2,38-36-64)59-25-13-53(14-26-59)54-15-27-60(28-16-54)66(3)39-41-67(42-40-66,73-47-70-4)61-29-19-56(20-30-61)57-21-33-63(34-22-57)69(75-49-72-6)45-43-68(44-46-69,74-48-71-5)62-31-17-55(18-32-62)51-9-7-50(8-10-51)52-11-23-58(64)24-12-52;1-2-42-4-3-41(1)43-5-7-45(8-6-43)47-13-15-49(16-14-47)51-21-23-53(24-22-51)55-29-31-57(32-30-55)59-37-39-60(40-38-59)58-35-33-56(34-36-58)54-27-25-52(26-28-54)50-19-17-48(18-20-50)46-11-9-44(42)10-12-46/h7-34H,35-49H2,1-6H3;1-40H. The van der Waals surface area contributed by atoms with Crippen LogP contribution in [0.2, 0.25) is 0 Å². The molecule has 0 spiro atoms. The van der Waals surface area contributed by atoms with E-state index in [1.807, 2.05) is 0 Å². The molecule has 0 saturated heterocycles. The van der Waals surface area contributed by atoms with Crippen LogP contribution < -0.4 is 0 Å². The Morgan fingerprint density at radius 3 is 0.333 bits per heavy atom. The molecule has 135 heavy (non-hydrogen) atoms. The van der Waals surface area contributed by atoms with Crippen LogP contribution in [0.1, 0.15) is 131 Å². The Balaban J connectivity index is 0.000000166. The molecule has 47 aliphatic carbocycles. The van der Waals surface area contributed by atoms with Crippen LogP contribution in [0.15, 0.2) is 413 Å². The first-order chi connectivity index (χ1) is 66.1. The molecule has 6 heteroatoms. The largest absolute Gasteiger partial charge is 0.359 e. The van der Waals surface area contributed by atoms with Crippen LogP contribution in [0, 0.1) is 0 Å². The third-order valence-corrected chi connectivity index (χ3v) is 31.2. The summed E-state index contributed by atoms with van der Waals surface area (Å²) in [6.45, 7) is 8.08. The van der Waals surface area contributed by atoms with Gasteiger partial charge in [0, 0.05) is 21.3 Å². The van der Waals surface area contributed by atoms with Crippen molar-refractivity contribution in [2.75, 3.05) is 41.7 Å². The van der Waals surface area contributed by atoms with E-state index in [0.717, 1.165) is 68.1 Å². The highest BCUT2D eigenvalue weighted by Crippen LogP contribution is 2.54. The summed E-state index contributed by atoms with van der Waals surface area (Å²) in [6, 6.07) is 153. The van der Waals surface area contributed by atoms with Crippen LogP contribution in [0.25, 0.3) is 156 Å². The van der Waals surface area contributed by atoms with Crippen molar-refractivity contribution in [2.24, 2.45) is 0 Å². The second kappa shape index (κ2) is 37.8. The summed E-state index contributed by atoms with van der Waals surface area (Å²) < 4.78 is 36.8. The van der Waals surface area contributed by atoms with E-state index in [1.54, 1.807) is 21.3 Å². The topological polar surface area (TPSA) is 55.4 Å². The van der Waals surface area contributed by atoms with Crippen molar-refractivity contribution in [1.82, 2.24) is 0 Å². The van der Waals surface area contributed by atoms with Crippen molar-refractivity contribution >= 4 is 0 Å². The lowest BCUT2D eigenvalue weighted by Gasteiger charge is -2.46. The predicted octanol–water partition coefficient (Wildman–Crippen LogP) is 33.4. The molecule has 0 aromatic heterocycles. The maximum absolute atomic E-state index is 6.71. The Hall–Kier alpha value is -13.5. The number of ether oxygens (including phenoxy) is 6. The lowest BCUT2D eigenvalue weighted by atomic mass is 9.60. The molecule has 6 nitrogen and oxygen atoms in total. The normalized spacial score (nSPS) is 20.2. The van der Waals surface area contributed by atoms with E-state index >= 15 is 0 Å². The fourth-order valence-electron chi connectivity index (χ4n) is 22.0. The maximum atomic E-state index is 6.71. The van der Waals surface area contributed by atoms with Crippen molar-refractivity contribution < 1.29 is 28.4 Å². The first-order valence-corrected chi connectivity index (χ1v) is 48.3. The summed E-state index contributed by atoms with van der Waals surface area (Å²) >= 11 is 0. The van der Waals surface area contributed by atoms with E-state index in [2.05, 4.69) is 433 Å². The lowest BCUT2D eigenvalue weighted by Crippen LogP contribution is -2.43. The molecule has 0 unspecified atom stereocenters. The minimum atomic E-state index is -0.529. The van der Waals surface area contributed by atoms with Crippen molar-refractivity contribution in [3.8, 4) is 156 Å². The maximum Gasteiger partial charge on any atom is 0.147 e. The Labute approximate surface area is 797 Å². The van der Waals surface area contributed by atoms with Gasteiger partial charge in [-0.15, -0.1) is 0 Å². The molecule has 3 saturated carbocycles. The summed E-state index contributed by atoms with van der Waals surface area (Å²) in [6.07, 6.45) is 11.6. The zero-order valence-electron chi connectivity index (χ0n) is 78.3. The van der Waals surface area contributed by atoms with Gasteiger partial charge >= 0.3 is 0 Å². The second-order valence-corrected chi connectivity index (χ2v) is 39.1. The van der Waals surface area contributed by atoms with Gasteiger partial charge in [0.05, 0.1) is 16.8 Å². The van der Waals surface area contributed by atoms with Crippen molar-refractivity contribution in [2.45, 2.75) is 131 Å². The van der Waals surface area contributed by atoms with Crippen LogP contribution in [0.4, 0.5) is 0 Å². The average molecular weight is 1760 g/mol. The first-order valence-electron chi connectivity index (χ1n) is 48.3. The van der Waals surface area contributed by atoms with Crippen LogP contribution >= 0.6 is 0 Å². The van der Waals surface area contributed by atoms with Crippen molar-refractivity contribution in [3.63, 3.8) is 0 Å². The Kier molecular flexibility index (Phi) is 24.6. The number of hydrogen-bond donors (Lipinski definition) is 0. The van der Waals surface area contributed by atoms with Gasteiger partial charge in [0.2, 0.25) is 0 Å². The quantitative estimate of drug-likeness (QED) is 0.134. The summed E-state index contributed by atoms with van der Waals surface area (Å²) in [5.41, 5.74) is 40.7. The molecular weight excluding hydrogens is 1650 g/mol. The first kappa shape index (κ1) is 88.1. The van der Waals surface area contributed by atoms with E-state index in [9.17, 15) is 0 Å². The predicted molar refractivity (Wildman–Crippen MR) is 557 cm³/mol. The molecular formula is C129H116O6. The van der Waals surface area contributed by atoms with Gasteiger partial charge in [-0.1, -0.05) is 433 Å². The molecule has 64 rings (SSSR count).